The van der Waals surface area contributed by atoms with Crippen LogP contribution in [0.5, 0.6) is 0 Å². The van der Waals surface area contributed by atoms with Crippen molar-refractivity contribution in [2.45, 2.75) is 31.1 Å². The predicted molar refractivity (Wildman–Crippen MR) is 106 cm³/mol. The van der Waals surface area contributed by atoms with Gasteiger partial charge in [-0.05, 0) is 43.9 Å². The summed E-state index contributed by atoms with van der Waals surface area (Å²) in [6, 6.07) is 3.26. The van der Waals surface area contributed by atoms with Crippen LogP contribution in [0.4, 0.5) is 4.39 Å². The number of benzene rings is 1. The third-order valence-electron chi connectivity index (χ3n) is 5.13. The van der Waals surface area contributed by atoms with Crippen LogP contribution in [0.3, 0.4) is 0 Å². The molecular weight excluding hydrogens is 415 g/mol. The maximum Gasteiger partial charge on any atom is 0.307 e. The highest BCUT2D eigenvalue weighted by Gasteiger charge is 2.31. The maximum absolute atomic E-state index is 14.5. The Morgan fingerprint density at radius 3 is 2.60 bits per heavy atom. The fourth-order valence-corrected chi connectivity index (χ4v) is 4.72. The van der Waals surface area contributed by atoms with Crippen molar-refractivity contribution in [1.82, 2.24) is 9.21 Å². The van der Waals surface area contributed by atoms with Gasteiger partial charge in [-0.3, -0.25) is 9.59 Å². The summed E-state index contributed by atoms with van der Waals surface area (Å²) in [5.74, 6) is -1.53. The van der Waals surface area contributed by atoms with Crippen molar-refractivity contribution in [1.29, 1.82) is 0 Å². The summed E-state index contributed by atoms with van der Waals surface area (Å²) < 4.78 is 51.6. The molecule has 0 radical (unpaired) electrons. The summed E-state index contributed by atoms with van der Waals surface area (Å²) in [5.41, 5.74) is -0.311. The van der Waals surface area contributed by atoms with E-state index in [1.54, 1.807) is 6.92 Å². The van der Waals surface area contributed by atoms with Gasteiger partial charge in [0.05, 0.1) is 36.7 Å². The van der Waals surface area contributed by atoms with E-state index in [1.165, 1.54) is 15.3 Å². The third kappa shape index (κ3) is 5.55. The number of esters is 1. The lowest BCUT2D eigenvalue weighted by molar-refractivity contribution is -0.143. The fourth-order valence-electron chi connectivity index (χ4n) is 3.28. The average molecular weight is 443 g/mol. The van der Waals surface area contributed by atoms with Gasteiger partial charge in [0.2, 0.25) is 10.0 Å². The highest BCUT2D eigenvalue weighted by molar-refractivity contribution is 7.89. The minimum Gasteiger partial charge on any atom is -0.466 e. The van der Waals surface area contributed by atoms with Gasteiger partial charge in [-0.2, -0.15) is 4.31 Å². The molecule has 1 aliphatic carbocycles. The van der Waals surface area contributed by atoms with Crippen molar-refractivity contribution in [2.75, 3.05) is 46.0 Å². The van der Waals surface area contributed by atoms with Crippen LogP contribution >= 0.6 is 0 Å². The van der Waals surface area contributed by atoms with Gasteiger partial charge >= 0.3 is 5.97 Å². The number of carbonyl (C=O) groups is 2. The van der Waals surface area contributed by atoms with Crippen molar-refractivity contribution in [3.63, 3.8) is 0 Å². The minimum absolute atomic E-state index is 0.000311. The van der Waals surface area contributed by atoms with E-state index in [0.717, 1.165) is 25.0 Å². The van der Waals surface area contributed by atoms with E-state index >= 15 is 0 Å². The van der Waals surface area contributed by atoms with Crippen molar-refractivity contribution < 1.29 is 31.9 Å². The Morgan fingerprint density at radius 2 is 1.97 bits per heavy atom. The molecule has 1 aromatic carbocycles. The topological polar surface area (TPSA) is 93.2 Å². The number of carbonyl (C=O) groups excluding carboxylic acids is 2. The molecule has 0 aromatic heterocycles. The standard InChI is InChI=1S/C20H27FN2O6S/c1-2-29-19(24)7-8-22(14-15-3-4-15)20(25)17-13-16(5-6-18(17)21)30(26,27)23-9-11-28-12-10-23/h5-6,13,15H,2-4,7-12,14H2,1H3. The molecule has 1 saturated heterocycles. The summed E-state index contributed by atoms with van der Waals surface area (Å²) in [4.78, 5) is 26.0. The molecule has 0 unspecified atom stereocenters. The number of hydrogen-bond acceptors (Lipinski definition) is 6. The Hall–Kier alpha value is -2.04. The second-order valence-electron chi connectivity index (χ2n) is 7.41. The average Bonchev–Trinajstić information content (AvgIpc) is 3.56. The Kier molecular flexibility index (Phi) is 7.43. The lowest BCUT2D eigenvalue weighted by Gasteiger charge is -2.26. The SMILES string of the molecule is CCOC(=O)CCN(CC1CC1)C(=O)c1cc(S(=O)(=O)N2CCOCC2)ccc1F. The molecule has 0 atom stereocenters. The van der Waals surface area contributed by atoms with Crippen LogP contribution in [0.25, 0.3) is 0 Å². The van der Waals surface area contributed by atoms with Crippen molar-refractivity contribution in [2.24, 2.45) is 5.92 Å². The van der Waals surface area contributed by atoms with Crippen LogP contribution in [-0.4, -0.2) is 75.5 Å². The summed E-state index contributed by atoms with van der Waals surface area (Å²) in [6.45, 7) is 3.41. The molecule has 2 fully saturated rings. The van der Waals surface area contributed by atoms with E-state index in [2.05, 4.69) is 0 Å². The van der Waals surface area contributed by atoms with Gasteiger partial charge in [-0.1, -0.05) is 0 Å². The summed E-state index contributed by atoms with van der Waals surface area (Å²) in [6.07, 6.45) is 1.94. The number of sulfonamides is 1. The second kappa shape index (κ2) is 9.84. The zero-order valence-electron chi connectivity index (χ0n) is 17.0. The molecule has 1 saturated carbocycles. The first-order valence-electron chi connectivity index (χ1n) is 10.1. The Balaban J connectivity index is 1.81. The van der Waals surface area contributed by atoms with Crippen LogP contribution in [0.2, 0.25) is 0 Å². The Labute approximate surface area is 176 Å². The fraction of sp³-hybridized carbons (Fsp3) is 0.600. The van der Waals surface area contributed by atoms with Gasteiger partial charge in [0.15, 0.2) is 0 Å². The highest BCUT2D eigenvalue weighted by Crippen LogP contribution is 2.30. The molecule has 0 N–H and O–H groups in total. The van der Waals surface area contributed by atoms with Crippen LogP contribution in [-0.2, 0) is 24.3 Å². The van der Waals surface area contributed by atoms with E-state index in [1.807, 2.05) is 0 Å². The number of rotatable bonds is 9. The second-order valence-corrected chi connectivity index (χ2v) is 9.35. The quantitative estimate of drug-likeness (QED) is 0.540. The number of hydrogen-bond donors (Lipinski definition) is 0. The molecule has 10 heteroatoms. The molecule has 1 heterocycles. The van der Waals surface area contributed by atoms with Gasteiger partial charge in [-0.25, -0.2) is 12.8 Å². The predicted octanol–water partition coefficient (Wildman–Crippen LogP) is 1.65. The number of amides is 1. The van der Waals surface area contributed by atoms with E-state index in [0.29, 0.717) is 12.5 Å². The van der Waals surface area contributed by atoms with E-state index in [9.17, 15) is 22.4 Å². The number of nitrogens with zero attached hydrogens (tertiary/aromatic N) is 2. The first kappa shape index (κ1) is 22.6. The normalized spacial score (nSPS) is 17.5. The van der Waals surface area contributed by atoms with Crippen molar-refractivity contribution in [3.05, 3.63) is 29.6 Å². The molecule has 1 aromatic rings. The first-order valence-corrected chi connectivity index (χ1v) is 11.6. The van der Waals surface area contributed by atoms with Gasteiger partial charge in [-0.15, -0.1) is 0 Å². The zero-order chi connectivity index (χ0) is 21.7. The molecule has 8 nitrogen and oxygen atoms in total. The largest absolute Gasteiger partial charge is 0.466 e. The Bertz CT molecular complexity index is 881. The van der Waals surface area contributed by atoms with Crippen LogP contribution in [0.15, 0.2) is 23.1 Å². The summed E-state index contributed by atoms with van der Waals surface area (Å²) >= 11 is 0. The van der Waals surface area contributed by atoms with Crippen LogP contribution < -0.4 is 0 Å². The monoisotopic (exact) mass is 442 g/mol. The minimum atomic E-state index is -3.86. The number of morpholine rings is 1. The van der Waals surface area contributed by atoms with Crippen LogP contribution in [0.1, 0.15) is 36.5 Å². The number of halogens is 1. The Morgan fingerprint density at radius 1 is 1.27 bits per heavy atom. The molecule has 3 rings (SSSR count). The third-order valence-corrected chi connectivity index (χ3v) is 7.02. The lowest BCUT2D eigenvalue weighted by Crippen LogP contribution is -2.40. The molecule has 30 heavy (non-hydrogen) atoms. The van der Waals surface area contributed by atoms with Gasteiger partial charge in [0.1, 0.15) is 5.82 Å². The van der Waals surface area contributed by atoms with Crippen LogP contribution in [0, 0.1) is 11.7 Å². The number of ether oxygens (including phenoxy) is 2. The first-order chi connectivity index (χ1) is 14.3. The van der Waals surface area contributed by atoms with Gasteiger partial charge in [0, 0.05) is 26.2 Å². The molecule has 1 aliphatic heterocycles. The van der Waals surface area contributed by atoms with Crippen molar-refractivity contribution in [3.8, 4) is 0 Å². The molecule has 0 spiro atoms. The molecular formula is C20H27FN2O6S. The van der Waals surface area contributed by atoms with E-state index in [-0.39, 0.29) is 56.3 Å². The molecule has 1 amide bonds. The summed E-state index contributed by atoms with van der Waals surface area (Å²) in [5, 5.41) is 0. The summed E-state index contributed by atoms with van der Waals surface area (Å²) in [7, 11) is -3.86. The molecule has 2 aliphatic rings. The lowest BCUT2D eigenvalue weighted by atomic mass is 10.1. The van der Waals surface area contributed by atoms with Crippen molar-refractivity contribution >= 4 is 21.9 Å². The van der Waals surface area contributed by atoms with Gasteiger partial charge in [0.25, 0.3) is 5.91 Å². The smallest absolute Gasteiger partial charge is 0.307 e. The molecule has 166 valence electrons. The van der Waals surface area contributed by atoms with E-state index in [4.69, 9.17) is 9.47 Å². The molecule has 0 bridgehead atoms. The van der Waals surface area contributed by atoms with Gasteiger partial charge < -0.3 is 14.4 Å². The zero-order valence-corrected chi connectivity index (χ0v) is 17.8. The van der Waals surface area contributed by atoms with E-state index < -0.39 is 27.7 Å². The maximum atomic E-state index is 14.5. The highest BCUT2D eigenvalue weighted by atomic mass is 32.2.